The van der Waals surface area contributed by atoms with Crippen LogP contribution in [0.15, 0.2) is 24.3 Å². The second-order valence-corrected chi connectivity index (χ2v) is 3.84. The van der Waals surface area contributed by atoms with Gasteiger partial charge in [-0.15, -0.1) is 0 Å². The van der Waals surface area contributed by atoms with Gasteiger partial charge in [0.25, 0.3) is 11.8 Å². The van der Waals surface area contributed by atoms with Crippen molar-refractivity contribution in [3.63, 3.8) is 0 Å². The van der Waals surface area contributed by atoms with Crippen molar-refractivity contribution in [1.29, 1.82) is 0 Å². The number of amides is 2. The second kappa shape index (κ2) is 6.50. The van der Waals surface area contributed by atoms with E-state index in [0.717, 1.165) is 0 Å². The molecule has 0 radical (unpaired) electrons. The molecule has 1 heterocycles. The van der Waals surface area contributed by atoms with E-state index in [0.29, 0.717) is 5.56 Å². The predicted molar refractivity (Wildman–Crippen MR) is 62.3 cm³/mol. The first-order valence-electron chi connectivity index (χ1n) is 5.44. The maximum absolute atomic E-state index is 10.2. The van der Waals surface area contributed by atoms with Crippen molar-refractivity contribution < 1.29 is 29.8 Å². The zero-order valence-electron chi connectivity index (χ0n) is 9.94. The standard InChI is InChI=1S/C8H8O3.C4H5NO3/c9-7-3-1-6(2-4-7)5-8(10)11;6-3-1-2-4(7)5(3)8/h1-4,9H,5H2,(H,10,11);8H,1-2H2. The van der Waals surface area contributed by atoms with Gasteiger partial charge in [-0.1, -0.05) is 12.1 Å². The number of rotatable bonds is 2. The van der Waals surface area contributed by atoms with Crippen LogP contribution < -0.4 is 0 Å². The Morgan fingerprint density at radius 3 is 1.89 bits per heavy atom. The molecule has 0 saturated carbocycles. The molecule has 0 spiro atoms. The first kappa shape index (κ1) is 14.7. The molecule has 1 aromatic rings. The number of phenolic OH excluding ortho intramolecular Hbond substituents is 1. The van der Waals surface area contributed by atoms with Gasteiger partial charge in [0.05, 0.1) is 6.42 Å². The fourth-order valence-corrected chi connectivity index (χ4v) is 1.35. The summed E-state index contributed by atoms with van der Waals surface area (Å²) < 4.78 is 0. The van der Waals surface area contributed by atoms with Gasteiger partial charge in [0.2, 0.25) is 0 Å². The molecule has 1 aliphatic heterocycles. The van der Waals surface area contributed by atoms with Gasteiger partial charge in [0.1, 0.15) is 5.75 Å². The smallest absolute Gasteiger partial charge is 0.307 e. The van der Waals surface area contributed by atoms with Crippen LogP contribution in [0.1, 0.15) is 18.4 Å². The summed E-state index contributed by atoms with van der Waals surface area (Å²) in [7, 11) is 0. The van der Waals surface area contributed by atoms with Crippen LogP contribution in [-0.4, -0.2) is 38.3 Å². The molecule has 0 unspecified atom stereocenters. The molecule has 3 N–H and O–H groups in total. The number of nitrogens with zero attached hydrogens (tertiary/aromatic N) is 1. The Labute approximate surface area is 108 Å². The van der Waals surface area contributed by atoms with Gasteiger partial charge in [-0.3, -0.25) is 19.6 Å². The SMILES string of the molecule is O=C(O)Cc1ccc(O)cc1.O=C1CCC(=O)N1O. The molecule has 2 amide bonds. The highest BCUT2D eigenvalue weighted by Gasteiger charge is 2.26. The maximum atomic E-state index is 10.2. The number of aromatic hydroxyl groups is 1. The molecule has 1 aliphatic rings. The Bertz CT molecular complexity index is 465. The van der Waals surface area contributed by atoms with E-state index in [4.69, 9.17) is 15.4 Å². The molecular weight excluding hydrogens is 254 g/mol. The summed E-state index contributed by atoms with van der Waals surface area (Å²) in [6.45, 7) is 0. The lowest BCUT2D eigenvalue weighted by atomic mass is 10.1. The Balaban J connectivity index is 0.000000200. The van der Waals surface area contributed by atoms with E-state index in [-0.39, 0.29) is 30.1 Å². The lowest BCUT2D eigenvalue weighted by Gasteiger charge is -1.98. The zero-order valence-corrected chi connectivity index (χ0v) is 9.94. The van der Waals surface area contributed by atoms with Crippen molar-refractivity contribution in [2.24, 2.45) is 0 Å². The van der Waals surface area contributed by atoms with E-state index in [1.807, 2.05) is 0 Å². The number of hydrogen-bond donors (Lipinski definition) is 3. The summed E-state index contributed by atoms with van der Waals surface area (Å²) in [5, 5.41) is 25.8. The Kier molecular flexibility index (Phi) is 5.01. The van der Waals surface area contributed by atoms with Crippen molar-refractivity contribution in [3.8, 4) is 5.75 Å². The van der Waals surface area contributed by atoms with Crippen LogP contribution in [0.5, 0.6) is 5.75 Å². The first-order valence-corrected chi connectivity index (χ1v) is 5.44. The van der Waals surface area contributed by atoms with Gasteiger partial charge in [-0.05, 0) is 17.7 Å². The Morgan fingerprint density at radius 2 is 1.58 bits per heavy atom. The highest BCUT2D eigenvalue weighted by molar-refractivity contribution is 6.00. The number of hydroxylamine groups is 2. The number of phenols is 1. The minimum Gasteiger partial charge on any atom is -0.508 e. The van der Waals surface area contributed by atoms with E-state index in [1.165, 1.54) is 12.1 Å². The summed E-state index contributed by atoms with van der Waals surface area (Å²) in [6, 6.07) is 6.11. The normalized spacial score (nSPS) is 14.1. The fourth-order valence-electron chi connectivity index (χ4n) is 1.35. The quantitative estimate of drug-likeness (QED) is 0.532. The fraction of sp³-hybridized carbons (Fsp3) is 0.250. The van der Waals surface area contributed by atoms with E-state index in [2.05, 4.69) is 0 Å². The summed E-state index contributed by atoms with van der Waals surface area (Å²) in [5.74, 6) is -1.72. The Hall–Kier alpha value is -2.41. The molecule has 0 atom stereocenters. The van der Waals surface area contributed by atoms with Gasteiger partial charge < -0.3 is 10.2 Å². The van der Waals surface area contributed by atoms with Crippen LogP contribution in [0.3, 0.4) is 0 Å². The molecule has 102 valence electrons. The van der Waals surface area contributed by atoms with Crippen molar-refractivity contribution >= 4 is 17.8 Å². The number of carboxylic acid groups (broad SMARTS) is 1. The van der Waals surface area contributed by atoms with Crippen molar-refractivity contribution in [2.75, 3.05) is 0 Å². The monoisotopic (exact) mass is 267 g/mol. The van der Waals surface area contributed by atoms with E-state index in [9.17, 15) is 14.4 Å². The number of carboxylic acids is 1. The molecular formula is C12H13NO6. The maximum Gasteiger partial charge on any atom is 0.307 e. The topological polar surface area (TPSA) is 115 Å². The summed E-state index contributed by atoms with van der Waals surface area (Å²) >= 11 is 0. The lowest BCUT2D eigenvalue weighted by Crippen LogP contribution is -2.24. The minimum atomic E-state index is -0.865. The predicted octanol–water partition coefficient (Wildman–Crippen LogP) is 0.544. The van der Waals surface area contributed by atoms with Gasteiger partial charge in [0.15, 0.2) is 0 Å². The zero-order chi connectivity index (χ0) is 14.4. The number of aliphatic carboxylic acids is 1. The van der Waals surface area contributed by atoms with E-state index in [1.54, 1.807) is 12.1 Å². The summed E-state index contributed by atoms with van der Waals surface area (Å²) in [6.07, 6.45) is 0.297. The van der Waals surface area contributed by atoms with Crippen LogP contribution >= 0.6 is 0 Å². The van der Waals surface area contributed by atoms with Gasteiger partial charge in [-0.2, -0.15) is 5.06 Å². The van der Waals surface area contributed by atoms with E-state index < -0.39 is 17.8 Å². The highest BCUT2D eigenvalue weighted by Crippen LogP contribution is 2.09. The van der Waals surface area contributed by atoms with Crippen LogP contribution in [0.4, 0.5) is 0 Å². The lowest BCUT2D eigenvalue weighted by molar-refractivity contribution is -0.171. The van der Waals surface area contributed by atoms with Crippen LogP contribution in [0.2, 0.25) is 0 Å². The molecule has 1 saturated heterocycles. The van der Waals surface area contributed by atoms with Crippen molar-refractivity contribution in [3.05, 3.63) is 29.8 Å². The van der Waals surface area contributed by atoms with E-state index >= 15 is 0 Å². The molecule has 0 aliphatic carbocycles. The number of benzene rings is 1. The van der Waals surface area contributed by atoms with Gasteiger partial charge in [0, 0.05) is 12.8 Å². The second-order valence-electron chi connectivity index (χ2n) is 3.84. The number of imide groups is 1. The van der Waals surface area contributed by atoms with Crippen LogP contribution in [0.25, 0.3) is 0 Å². The molecule has 7 heteroatoms. The largest absolute Gasteiger partial charge is 0.508 e. The number of carbonyl (C=O) groups is 3. The first-order chi connectivity index (χ1) is 8.90. The average Bonchev–Trinajstić information content (AvgIpc) is 2.64. The summed E-state index contributed by atoms with van der Waals surface area (Å²) in [5.41, 5.74) is 0.690. The number of carbonyl (C=O) groups excluding carboxylic acids is 2. The molecule has 2 rings (SSSR count). The highest BCUT2D eigenvalue weighted by atomic mass is 16.5. The third kappa shape index (κ3) is 4.76. The third-order valence-electron chi connectivity index (χ3n) is 2.32. The van der Waals surface area contributed by atoms with Crippen molar-refractivity contribution in [1.82, 2.24) is 5.06 Å². The average molecular weight is 267 g/mol. The molecule has 7 nitrogen and oxygen atoms in total. The molecule has 0 bridgehead atoms. The van der Waals surface area contributed by atoms with Gasteiger partial charge >= 0.3 is 5.97 Å². The van der Waals surface area contributed by atoms with Crippen LogP contribution in [0, 0.1) is 0 Å². The van der Waals surface area contributed by atoms with Gasteiger partial charge in [-0.25, -0.2) is 0 Å². The molecule has 19 heavy (non-hydrogen) atoms. The van der Waals surface area contributed by atoms with Crippen molar-refractivity contribution in [2.45, 2.75) is 19.3 Å². The van der Waals surface area contributed by atoms with Crippen LogP contribution in [-0.2, 0) is 20.8 Å². The molecule has 1 aromatic carbocycles. The number of hydrogen-bond acceptors (Lipinski definition) is 5. The minimum absolute atomic E-state index is 0.000278. The molecule has 1 fully saturated rings. The summed E-state index contributed by atoms with van der Waals surface area (Å²) in [4.78, 5) is 30.7. The Morgan fingerprint density at radius 1 is 1.11 bits per heavy atom. The molecule has 0 aromatic heterocycles. The third-order valence-corrected chi connectivity index (χ3v) is 2.32.